The van der Waals surface area contributed by atoms with Gasteiger partial charge in [-0.15, -0.1) is 0 Å². The van der Waals surface area contributed by atoms with Gasteiger partial charge in [-0.2, -0.15) is 0 Å². The lowest BCUT2D eigenvalue weighted by Gasteiger charge is -2.02. The third-order valence-electron chi connectivity index (χ3n) is 2.89. The molecule has 0 aliphatic rings. The zero-order valence-electron chi connectivity index (χ0n) is 9.30. The summed E-state index contributed by atoms with van der Waals surface area (Å²) in [6.07, 6.45) is 0. The number of aromatic nitrogens is 2. The van der Waals surface area contributed by atoms with Crippen LogP contribution < -0.4 is 0 Å². The minimum Gasteiger partial charge on any atom is -0.480 e. The SMILES string of the molecule is O=C(O)Cn1c(Cl)nc2c3ccccc3ccc21. The number of carbonyl (C=O) groups is 1. The molecule has 4 nitrogen and oxygen atoms in total. The molecule has 0 spiro atoms. The van der Waals surface area contributed by atoms with E-state index < -0.39 is 5.97 Å². The number of carboxylic acid groups (broad SMARTS) is 1. The number of benzene rings is 2. The van der Waals surface area contributed by atoms with Crippen molar-refractivity contribution in [1.82, 2.24) is 9.55 Å². The maximum Gasteiger partial charge on any atom is 0.323 e. The van der Waals surface area contributed by atoms with Crippen molar-refractivity contribution >= 4 is 39.4 Å². The average molecular weight is 261 g/mol. The van der Waals surface area contributed by atoms with E-state index in [1.165, 1.54) is 4.57 Å². The summed E-state index contributed by atoms with van der Waals surface area (Å²) in [5.74, 6) is -0.940. The summed E-state index contributed by atoms with van der Waals surface area (Å²) in [5.41, 5.74) is 1.47. The maximum atomic E-state index is 10.8. The van der Waals surface area contributed by atoms with Crippen LogP contribution in [0.25, 0.3) is 21.8 Å². The number of halogens is 1. The normalized spacial score (nSPS) is 11.2. The molecule has 5 heteroatoms. The second-order valence-corrected chi connectivity index (χ2v) is 4.35. The van der Waals surface area contributed by atoms with Gasteiger partial charge in [-0.25, -0.2) is 4.98 Å². The Morgan fingerprint density at radius 1 is 1.28 bits per heavy atom. The molecule has 0 aliphatic carbocycles. The van der Waals surface area contributed by atoms with Gasteiger partial charge in [0, 0.05) is 5.39 Å². The van der Waals surface area contributed by atoms with Crippen LogP contribution in [0.15, 0.2) is 36.4 Å². The quantitative estimate of drug-likeness (QED) is 0.771. The van der Waals surface area contributed by atoms with Gasteiger partial charge in [-0.05, 0) is 23.1 Å². The molecule has 18 heavy (non-hydrogen) atoms. The number of nitrogens with zero attached hydrogens (tertiary/aromatic N) is 2. The van der Waals surface area contributed by atoms with Crippen LogP contribution in [0.5, 0.6) is 0 Å². The van der Waals surface area contributed by atoms with E-state index in [-0.39, 0.29) is 11.8 Å². The smallest absolute Gasteiger partial charge is 0.323 e. The topological polar surface area (TPSA) is 55.1 Å². The molecule has 0 fully saturated rings. The summed E-state index contributed by atoms with van der Waals surface area (Å²) in [6.45, 7) is -0.187. The Labute approximate surface area is 107 Å². The van der Waals surface area contributed by atoms with Gasteiger partial charge in [-0.1, -0.05) is 30.3 Å². The van der Waals surface area contributed by atoms with Gasteiger partial charge in [0.2, 0.25) is 5.28 Å². The number of rotatable bonds is 2. The van der Waals surface area contributed by atoms with Crippen molar-refractivity contribution in [3.8, 4) is 0 Å². The molecule has 0 saturated heterocycles. The highest BCUT2D eigenvalue weighted by molar-refractivity contribution is 6.29. The molecule has 1 N–H and O–H groups in total. The van der Waals surface area contributed by atoms with Crippen LogP contribution in [0.2, 0.25) is 5.28 Å². The Morgan fingerprint density at radius 2 is 2.06 bits per heavy atom. The van der Waals surface area contributed by atoms with Crippen LogP contribution >= 0.6 is 11.6 Å². The summed E-state index contributed by atoms with van der Waals surface area (Å²) in [7, 11) is 0. The molecular weight excluding hydrogens is 252 g/mol. The van der Waals surface area contributed by atoms with E-state index in [4.69, 9.17) is 16.7 Å². The minimum atomic E-state index is -0.940. The summed E-state index contributed by atoms with van der Waals surface area (Å²) in [6, 6.07) is 11.6. The number of aliphatic carboxylic acids is 1. The van der Waals surface area contributed by atoms with Crippen molar-refractivity contribution < 1.29 is 9.90 Å². The zero-order chi connectivity index (χ0) is 12.7. The molecule has 0 atom stereocenters. The van der Waals surface area contributed by atoms with Crippen molar-refractivity contribution in [3.63, 3.8) is 0 Å². The number of fused-ring (bicyclic) bond motifs is 3. The van der Waals surface area contributed by atoms with Gasteiger partial charge in [-0.3, -0.25) is 4.79 Å². The van der Waals surface area contributed by atoms with Crippen LogP contribution in [0.4, 0.5) is 0 Å². The highest BCUT2D eigenvalue weighted by atomic mass is 35.5. The Bertz CT molecular complexity index is 764. The molecule has 0 aliphatic heterocycles. The van der Waals surface area contributed by atoms with Crippen molar-refractivity contribution in [2.24, 2.45) is 0 Å². The molecule has 0 amide bonds. The molecule has 90 valence electrons. The largest absolute Gasteiger partial charge is 0.480 e. The molecule has 0 unspecified atom stereocenters. The van der Waals surface area contributed by atoms with Crippen LogP contribution in [0.1, 0.15) is 0 Å². The third kappa shape index (κ3) is 1.62. The fourth-order valence-corrected chi connectivity index (χ4v) is 2.35. The van der Waals surface area contributed by atoms with Gasteiger partial charge >= 0.3 is 5.97 Å². The van der Waals surface area contributed by atoms with Gasteiger partial charge in [0.15, 0.2) is 0 Å². The summed E-state index contributed by atoms with van der Waals surface area (Å²) in [4.78, 5) is 15.1. The van der Waals surface area contributed by atoms with E-state index in [1.807, 2.05) is 36.4 Å². The standard InChI is InChI=1S/C13H9ClN2O2/c14-13-15-12-9-4-2-1-3-8(9)5-6-10(12)16(13)7-11(17)18/h1-6H,7H2,(H,17,18). The highest BCUT2D eigenvalue weighted by Gasteiger charge is 2.13. The zero-order valence-corrected chi connectivity index (χ0v) is 10.1. The Balaban J connectivity index is 2.37. The van der Waals surface area contributed by atoms with Crippen LogP contribution in [0, 0.1) is 0 Å². The highest BCUT2D eigenvalue weighted by Crippen LogP contribution is 2.27. The number of carboxylic acids is 1. The third-order valence-corrected chi connectivity index (χ3v) is 3.18. The van der Waals surface area contributed by atoms with Gasteiger partial charge in [0.05, 0.1) is 11.0 Å². The lowest BCUT2D eigenvalue weighted by Crippen LogP contribution is -2.08. The van der Waals surface area contributed by atoms with E-state index in [1.54, 1.807) is 0 Å². The molecule has 2 aromatic carbocycles. The van der Waals surface area contributed by atoms with E-state index in [2.05, 4.69) is 4.98 Å². The van der Waals surface area contributed by atoms with Crippen LogP contribution in [0.3, 0.4) is 0 Å². The van der Waals surface area contributed by atoms with Gasteiger partial charge in [0.25, 0.3) is 0 Å². The maximum absolute atomic E-state index is 10.8. The van der Waals surface area contributed by atoms with Crippen molar-refractivity contribution in [3.05, 3.63) is 41.7 Å². The molecule has 0 radical (unpaired) electrons. The number of imidazole rings is 1. The molecule has 1 heterocycles. The van der Waals surface area contributed by atoms with E-state index in [9.17, 15) is 4.79 Å². The molecule has 0 saturated carbocycles. The molecular formula is C13H9ClN2O2. The Hall–Kier alpha value is -2.07. The van der Waals surface area contributed by atoms with Crippen molar-refractivity contribution in [1.29, 1.82) is 0 Å². The average Bonchev–Trinajstić information content (AvgIpc) is 2.66. The second-order valence-electron chi connectivity index (χ2n) is 4.02. The Morgan fingerprint density at radius 3 is 2.83 bits per heavy atom. The van der Waals surface area contributed by atoms with Gasteiger partial charge < -0.3 is 9.67 Å². The first kappa shape index (κ1) is 11.0. The van der Waals surface area contributed by atoms with E-state index >= 15 is 0 Å². The minimum absolute atomic E-state index is 0.187. The van der Waals surface area contributed by atoms with Crippen molar-refractivity contribution in [2.45, 2.75) is 6.54 Å². The second kappa shape index (κ2) is 3.99. The molecule has 3 aromatic rings. The molecule has 3 rings (SSSR count). The van der Waals surface area contributed by atoms with Crippen LogP contribution in [-0.4, -0.2) is 20.6 Å². The summed E-state index contributed by atoms with van der Waals surface area (Å²) in [5, 5.41) is 11.1. The molecule has 0 bridgehead atoms. The predicted octanol–water partition coefficient (Wildman–Crippen LogP) is 2.93. The monoisotopic (exact) mass is 260 g/mol. The van der Waals surface area contributed by atoms with Crippen molar-refractivity contribution in [2.75, 3.05) is 0 Å². The molecule has 1 aromatic heterocycles. The predicted molar refractivity (Wildman–Crippen MR) is 69.9 cm³/mol. The van der Waals surface area contributed by atoms with E-state index in [0.29, 0.717) is 0 Å². The lowest BCUT2D eigenvalue weighted by molar-refractivity contribution is -0.137. The first-order valence-corrected chi connectivity index (χ1v) is 5.80. The van der Waals surface area contributed by atoms with Crippen LogP contribution in [-0.2, 0) is 11.3 Å². The first-order chi connectivity index (χ1) is 8.66. The lowest BCUT2D eigenvalue weighted by atomic mass is 10.1. The van der Waals surface area contributed by atoms with E-state index in [0.717, 1.165) is 21.8 Å². The summed E-state index contributed by atoms with van der Waals surface area (Å²) < 4.78 is 1.49. The summed E-state index contributed by atoms with van der Waals surface area (Å²) >= 11 is 6.00. The Kier molecular flexibility index (Phi) is 2.45. The first-order valence-electron chi connectivity index (χ1n) is 5.42. The number of hydrogen-bond donors (Lipinski definition) is 1. The number of hydrogen-bond acceptors (Lipinski definition) is 2. The fourth-order valence-electron chi connectivity index (χ4n) is 2.12. The fraction of sp³-hybridized carbons (Fsp3) is 0.0769. The van der Waals surface area contributed by atoms with Gasteiger partial charge in [0.1, 0.15) is 6.54 Å².